The molecule has 6 heteroatoms. The Labute approximate surface area is 87.5 Å². The van der Waals surface area contributed by atoms with E-state index >= 15 is 0 Å². The zero-order valence-electron chi connectivity index (χ0n) is 8.67. The quantitative estimate of drug-likeness (QED) is 0.596. The Morgan fingerprint density at radius 3 is 2.93 bits per heavy atom. The number of nitrogens with one attached hydrogen (secondary N) is 1. The van der Waals surface area contributed by atoms with Crippen LogP contribution in [0.15, 0.2) is 0 Å². The third-order valence-electron chi connectivity index (χ3n) is 2.73. The number of carbonyl (C=O) groups is 1. The van der Waals surface area contributed by atoms with Crippen molar-refractivity contribution in [3.8, 4) is 0 Å². The molecule has 2 fully saturated rings. The summed E-state index contributed by atoms with van der Waals surface area (Å²) in [6, 6.07) is -0.457. The van der Waals surface area contributed by atoms with Crippen LogP contribution in [0.3, 0.4) is 0 Å². The Balaban J connectivity index is 2.12. The van der Waals surface area contributed by atoms with Gasteiger partial charge in [-0.2, -0.15) is 0 Å². The minimum atomic E-state index is -0.701. The number of amides is 1. The first-order chi connectivity index (χ1) is 7.13. The molecule has 2 rings (SSSR count). The molecule has 0 aromatic rings. The molecule has 0 aromatic heterocycles. The lowest BCUT2D eigenvalue weighted by molar-refractivity contribution is -0.217. The van der Waals surface area contributed by atoms with E-state index in [2.05, 4.69) is 5.32 Å². The lowest BCUT2D eigenvalue weighted by Gasteiger charge is -2.37. The van der Waals surface area contributed by atoms with Crippen molar-refractivity contribution in [2.24, 2.45) is 0 Å². The van der Waals surface area contributed by atoms with Crippen LogP contribution in [0.2, 0.25) is 0 Å². The fraction of sp³-hybridized carbons (Fsp3) is 0.889. The summed E-state index contributed by atoms with van der Waals surface area (Å²) in [5, 5.41) is 12.4. The van der Waals surface area contributed by atoms with Crippen LogP contribution in [-0.2, 0) is 19.0 Å². The smallest absolute Gasteiger partial charge is 0.217 e. The van der Waals surface area contributed by atoms with Gasteiger partial charge in [0.2, 0.25) is 5.91 Å². The number of methoxy groups -OCH3 is 1. The molecule has 0 spiro atoms. The minimum Gasteiger partial charge on any atom is -0.388 e. The fourth-order valence-corrected chi connectivity index (χ4v) is 2.05. The summed E-state index contributed by atoms with van der Waals surface area (Å²) in [6.45, 7) is 1.74. The summed E-state index contributed by atoms with van der Waals surface area (Å²) in [4.78, 5) is 11.0. The van der Waals surface area contributed by atoms with Crippen LogP contribution in [0.5, 0.6) is 0 Å². The topological polar surface area (TPSA) is 77.0 Å². The molecule has 6 nitrogen and oxygen atoms in total. The highest BCUT2D eigenvalue weighted by molar-refractivity contribution is 5.73. The van der Waals surface area contributed by atoms with Crippen molar-refractivity contribution < 1.29 is 24.1 Å². The predicted octanol–water partition coefficient (Wildman–Crippen LogP) is -1.38. The molecule has 0 aliphatic carbocycles. The molecule has 0 radical (unpaired) electrons. The average molecular weight is 217 g/mol. The van der Waals surface area contributed by atoms with E-state index in [1.807, 2.05) is 0 Å². The van der Waals surface area contributed by atoms with Crippen molar-refractivity contribution in [3.05, 3.63) is 0 Å². The van der Waals surface area contributed by atoms with Crippen LogP contribution in [0.4, 0.5) is 0 Å². The molecule has 86 valence electrons. The van der Waals surface area contributed by atoms with Gasteiger partial charge in [-0.1, -0.05) is 0 Å². The van der Waals surface area contributed by atoms with E-state index in [9.17, 15) is 9.90 Å². The monoisotopic (exact) mass is 217 g/mol. The molecule has 2 N–H and O–H groups in total. The van der Waals surface area contributed by atoms with Crippen LogP contribution in [0.1, 0.15) is 6.92 Å². The van der Waals surface area contributed by atoms with Gasteiger partial charge in [-0.15, -0.1) is 0 Å². The maximum absolute atomic E-state index is 11.0. The lowest BCUT2D eigenvalue weighted by atomic mass is 10.00. The molecule has 2 bridgehead atoms. The minimum absolute atomic E-state index is 0.202. The fourth-order valence-electron chi connectivity index (χ4n) is 2.05. The average Bonchev–Trinajstić information content (AvgIpc) is 2.44. The predicted molar refractivity (Wildman–Crippen MR) is 49.0 cm³/mol. The normalized spacial score (nSPS) is 44.1. The van der Waals surface area contributed by atoms with Gasteiger partial charge in [0.25, 0.3) is 0 Å². The van der Waals surface area contributed by atoms with Gasteiger partial charge in [-0.05, 0) is 0 Å². The maximum atomic E-state index is 11.0. The molecular weight excluding hydrogens is 202 g/mol. The highest BCUT2D eigenvalue weighted by atomic mass is 16.7. The van der Waals surface area contributed by atoms with Crippen LogP contribution in [0, 0.1) is 0 Å². The van der Waals surface area contributed by atoms with Crippen LogP contribution >= 0.6 is 0 Å². The summed E-state index contributed by atoms with van der Waals surface area (Å²) in [5.74, 6) is -0.202. The highest BCUT2D eigenvalue weighted by Crippen LogP contribution is 2.29. The lowest BCUT2D eigenvalue weighted by Crippen LogP contribution is -2.60. The molecule has 15 heavy (non-hydrogen) atoms. The number of hydrogen-bond donors (Lipinski definition) is 2. The molecular formula is C9H15NO5. The number of carbonyl (C=O) groups excluding carboxylic acids is 1. The van der Waals surface area contributed by atoms with Crippen molar-refractivity contribution >= 4 is 5.91 Å². The van der Waals surface area contributed by atoms with Crippen molar-refractivity contribution in [2.45, 2.75) is 37.6 Å². The van der Waals surface area contributed by atoms with Crippen LogP contribution < -0.4 is 5.32 Å². The van der Waals surface area contributed by atoms with Gasteiger partial charge in [-0.3, -0.25) is 4.79 Å². The summed E-state index contributed by atoms with van der Waals surface area (Å²) < 4.78 is 15.9. The molecule has 2 heterocycles. The zero-order valence-corrected chi connectivity index (χ0v) is 8.67. The number of aliphatic hydroxyl groups excluding tert-OH is 1. The molecule has 1 amide bonds. The molecule has 0 aromatic carbocycles. The second-order valence-corrected chi connectivity index (χ2v) is 3.79. The van der Waals surface area contributed by atoms with E-state index in [1.165, 1.54) is 14.0 Å². The van der Waals surface area contributed by atoms with Gasteiger partial charge in [-0.25, -0.2) is 0 Å². The maximum Gasteiger partial charge on any atom is 0.217 e. The van der Waals surface area contributed by atoms with Crippen LogP contribution in [-0.4, -0.2) is 55.4 Å². The zero-order chi connectivity index (χ0) is 11.0. The van der Waals surface area contributed by atoms with Crippen molar-refractivity contribution in [1.29, 1.82) is 0 Å². The van der Waals surface area contributed by atoms with Crippen molar-refractivity contribution in [3.63, 3.8) is 0 Å². The van der Waals surface area contributed by atoms with E-state index in [0.717, 1.165) is 0 Å². The van der Waals surface area contributed by atoms with Gasteiger partial charge in [0.15, 0.2) is 6.29 Å². The van der Waals surface area contributed by atoms with E-state index in [0.29, 0.717) is 6.61 Å². The SMILES string of the molecule is CO[C@H]1O[C@@H]2CO[C@@H]([C@@H]2O)[C@H]1NC(C)=O. The second kappa shape index (κ2) is 4.05. The Bertz CT molecular complexity index is 259. The number of hydrogen-bond acceptors (Lipinski definition) is 5. The third-order valence-corrected chi connectivity index (χ3v) is 2.73. The first kappa shape index (κ1) is 10.8. The molecule has 2 aliphatic heterocycles. The Morgan fingerprint density at radius 1 is 1.60 bits per heavy atom. The van der Waals surface area contributed by atoms with Gasteiger partial charge in [0.05, 0.1) is 6.61 Å². The number of rotatable bonds is 2. The van der Waals surface area contributed by atoms with E-state index < -0.39 is 24.5 Å². The Hall–Kier alpha value is -0.690. The van der Waals surface area contributed by atoms with Crippen molar-refractivity contribution in [1.82, 2.24) is 5.32 Å². The molecule has 5 atom stereocenters. The van der Waals surface area contributed by atoms with E-state index in [-0.39, 0.29) is 12.0 Å². The summed E-state index contributed by atoms with van der Waals surface area (Å²) in [7, 11) is 1.50. The number of aliphatic hydroxyl groups is 1. The van der Waals surface area contributed by atoms with E-state index in [4.69, 9.17) is 14.2 Å². The Morgan fingerprint density at radius 2 is 2.33 bits per heavy atom. The van der Waals surface area contributed by atoms with Gasteiger partial charge >= 0.3 is 0 Å². The molecule has 0 unspecified atom stereocenters. The van der Waals surface area contributed by atoms with Crippen molar-refractivity contribution in [2.75, 3.05) is 13.7 Å². The third kappa shape index (κ3) is 1.85. The summed E-state index contributed by atoms with van der Waals surface area (Å²) >= 11 is 0. The van der Waals surface area contributed by atoms with Crippen LogP contribution in [0.25, 0.3) is 0 Å². The highest BCUT2D eigenvalue weighted by Gasteiger charge is 2.51. The largest absolute Gasteiger partial charge is 0.388 e. The van der Waals surface area contributed by atoms with Gasteiger partial charge in [0, 0.05) is 14.0 Å². The summed E-state index contributed by atoms with van der Waals surface area (Å²) in [6.07, 6.45) is -2.06. The first-order valence-electron chi connectivity index (χ1n) is 4.88. The molecule has 2 aliphatic rings. The second-order valence-electron chi connectivity index (χ2n) is 3.79. The number of ether oxygens (including phenoxy) is 3. The first-order valence-corrected chi connectivity index (χ1v) is 4.88. The van der Waals surface area contributed by atoms with Gasteiger partial charge < -0.3 is 24.6 Å². The Kier molecular flexibility index (Phi) is 2.92. The summed E-state index contributed by atoms with van der Waals surface area (Å²) in [5.41, 5.74) is 0. The van der Waals surface area contributed by atoms with Gasteiger partial charge in [0.1, 0.15) is 24.4 Å². The molecule has 0 saturated carbocycles. The number of fused-ring (bicyclic) bond motifs is 2. The molecule has 2 saturated heterocycles. The van der Waals surface area contributed by atoms with E-state index in [1.54, 1.807) is 0 Å². The standard InChI is InChI=1S/C9H15NO5/c1-4(11)10-6-8-7(12)5(3-14-8)15-9(6)13-2/h5-9,12H,3H2,1-2H3,(H,10,11)/t5-,6-,7-,8-,9+/m1/s1.